The lowest BCUT2D eigenvalue weighted by Crippen LogP contribution is -2.50. The highest BCUT2D eigenvalue weighted by molar-refractivity contribution is 7.80. The van der Waals surface area contributed by atoms with Crippen molar-refractivity contribution in [3.63, 3.8) is 0 Å². The summed E-state index contributed by atoms with van der Waals surface area (Å²) in [6.07, 6.45) is 8.29. The van der Waals surface area contributed by atoms with Gasteiger partial charge in [-0.1, -0.05) is 51.2 Å². The number of thiocarbonyl (C=S) groups is 1. The van der Waals surface area contributed by atoms with Gasteiger partial charge in [0.1, 0.15) is 0 Å². The smallest absolute Gasteiger partial charge is 0.233 e. The van der Waals surface area contributed by atoms with Crippen molar-refractivity contribution in [3.05, 3.63) is 0 Å². The predicted octanol–water partition coefficient (Wildman–Crippen LogP) is 2.53. The second-order valence-electron chi connectivity index (χ2n) is 4.97. The van der Waals surface area contributed by atoms with Gasteiger partial charge in [0, 0.05) is 6.54 Å². The molecule has 17 heavy (non-hydrogen) atoms. The van der Waals surface area contributed by atoms with Crippen LogP contribution in [0.25, 0.3) is 0 Å². The van der Waals surface area contributed by atoms with Crippen LogP contribution in [0.4, 0.5) is 0 Å². The van der Waals surface area contributed by atoms with E-state index in [1.54, 1.807) is 0 Å². The van der Waals surface area contributed by atoms with Crippen LogP contribution in [0.3, 0.4) is 0 Å². The third-order valence-electron chi connectivity index (χ3n) is 3.68. The Hall–Kier alpha value is -0.640. The van der Waals surface area contributed by atoms with Gasteiger partial charge in [0.15, 0.2) is 0 Å². The van der Waals surface area contributed by atoms with Gasteiger partial charge < -0.3 is 11.1 Å². The normalized spacial score (nSPS) is 18.6. The number of amides is 1. The molecule has 1 fully saturated rings. The van der Waals surface area contributed by atoms with Crippen LogP contribution >= 0.6 is 12.2 Å². The van der Waals surface area contributed by atoms with Gasteiger partial charge in [-0.2, -0.15) is 0 Å². The number of carbonyl (C=O) groups excluding carboxylic acids is 1. The number of rotatable bonds is 6. The Morgan fingerprint density at radius 3 is 2.47 bits per heavy atom. The van der Waals surface area contributed by atoms with Crippen LogP contribution in [-0.2, 0) is 4.79 Å². The quantitative estimate of drug-likeness (QED) is 0.567. The SMILES string of the molecule is CCCCCNC(=O)C1(C(N)=S)CCCCC1. The molecule has 1 amide bonds. The second kappa shape index (κ2) is 6.94. The van der Waals surface area contributed by atoms with Gasteiger partial charge in [-0.25, -0.2) is 0 Å². The van der Waals surface area contributed by atoms with Crippen LogP contribution < -0.4 is 11.1 Å². The molecule has 4 heteroatoms. The van der Waals surface area contributed by atoms with Crippen molar-refractivity contribution in [2.24, 2.45) is 11.1 Å². The number of carbonyl (C=O) groups is 1. The Bertz CT molecular complexity index is 273. The van der Waals surface area contributed by atoms with E-state index in [1.165, 1.54) is 6.42 Å². The molecule has 0 saturated heterocycles. The van der Waals surface area contributed by atoms with E-state index in [0.29, 0.717) is 4.99 Å². The van der Waals surface area contributed by atoms with Crippen molar-refractivity contribution in [2.45, 2.75) is 58.3 Å². The van der Waals surface area contributed by atoms with E-state index in [0.717, 1.165) is 51.5 Å². The highest BCUT2D eigenvalue weighted by Gasteiger charge is 2.41. The average Bonchev–Trinajstić information content (AvgIpc) is 2.35. The summed E-state index contributed by atoms with van der Waals surface area (Å²) in [5.41, 5.74) is 5.25. The summed E-state index contributed by atoms with van der Waals surface area (Å²) in [5, 5.41) is 3.00. The monoisotopic (exact) mass is 256 g/mol. The van der Waals surface area contributed by atoms with E-state index in [1.807, 2.05) is 0 Å². The molecule has 1 aliphatic carbocycles. The van der Waals surface area contributed by atoms with Crippen LogP contribution in [0.1, 0.15) is 58.3 Å². The van der Waals surface area contributed by atoms with Crippen LogP contribution in [0.5, 0.6) is 0 Å². The van der Waals surface area contributed by atoms with E-state index in [4.69, 9.17) is 18.0 Å². The third-order valence-corrected chi connectivity index (χ3v) is 4.07. The highest BCUT2D eigenvalue weighted by Crippen LogP contribution is 2.36. The molecule has 0 radical (unpaired) electrons. The van der Waals surface area contributed by atoms with Crippen molar-refractivity contribution in [1.29, 1.82) is 0 Å². The first-order valence-corrected chi connectivity index (χ1v) is 7.12. The molecule has 0 aromatic carbocycles. The molecular weight excluding hydrogens is 232 g/mol. The van der Waals surface area contributed by atoms with Gasteiger partial charge in [-0.05, 0) is 19.3 Å². The van der Waals surface area contributed by atoms with Crippen LogP contribution in [-0.4, -0.2) is 17.4 Å². The summed E-state index contributed by atoms with van der Waals surface area (Å²) in [5.74, 6) is 0.0563. The molecule has 1 aliphatic rings. The molecule has 0 heterocycles. The Balaban J connectivity index is 2.52. The molecular formula is C13H24N2OS. The second-order valence-corrected chi connectivity index (χ2v) is 5.41. The molecule has 98 valence electrons. The van der Waals surface area contributed by atoms with E-state index in [9.17, 15) is 4.79 Å². The fourth-order valence-electron chi connectivity index (χ4n) is 2.49. The first-order chi connectivity index (χ1) is 8.13. The molecule has 0 unspecified atom stereocenters. The molecule has 0 aromatic heterocycles. The number of nitrogens with one attached hydrogen (secondary N) is 1. The third kappa shape index (κ3) is 3.66. The van der Waals surface area contributed by atoms with Gasteiger partial charge in [0.2, 0.25) is 5.91 Å². The Kier molecular flexibility index (Phi) is 5.89. The molecule has 3 N–H and O–H groups in total. The summed E-state index contributed by atoms with van der Waals surface area (Å²) in [6, 6.07) is 0. The minimum absolute atomic E-state index is 0.0563. The topological polar surface area (TPSA) is 55.1 Å². The van der Waals surface area contributed by atoms with Gasteiger partial charge in [-0.15, -0.1) is 0 Å². The van der Waals surface area contributed by atoms with Crippen molar-refractivity contribution >= 4 is 23.1 Å². The molecule has 0 bridgehead atoms. The number of nitrogens with two attached hydrogens (primary N) is 1. The maximum atomic E-state index is 12.2. The molecule has 0 atom stereocenters. The van der Waals surface area contributed by atoms with Crippen LogP contribution in [0.2, 0.25) is 0 Å². The molecule has 3 nitrogen and oxygen atoms in total. The summed E-state index contributed by atoms with van der Waals surface area (Å²) >= 11 is 5.12. The van der Waals surface area contributed by atoms with E-state index in [-0.39, 0.29) is 5.91 Å². The lowest BCUT2D eigenvalue weighted by atomic mass is 9.73. The Morgan fingerprint density at radius 1 is 1.29 bits per heavy atom. The zero-order valence-corrected chi connectivity index (χ0v) is 11.6. The summed E-state index contributed by atoms with van der Waals surface area (Å²) in [4.78, 5) is 12.6. The Labute approximate surface area is 110 Å². The zero-order chi connectivity index (χ0) is 12.7. The minimum Gasteiger partial charge on any atom is -0.392 e. The van der Waals surface area contributed by atoms with Crippen molar-refractivity contribution in [2.75, 3.05) is 6.54 Å². The fourth-order valence-corrected chi connectivity index (χ4v) is 2.78. The number of hydrogen-bond donors (Lipinski definition) is 2. The fraction of sp³-hybridized carbons (Fsp3) is 0.846. The zero-order valence-electron chi connectivity index (χ0n) is 10.8. The summed E-state index contributed by atoms with van der Waals surface area (Å²) < 4.78 is 0. The minimum atomic E-state index is -0.556. The maximum absolute atomic E-state index is 12.2. The largest absolute Gasteiger partial charge is 0.392 e. The van der Waals surface area contributed by atoms with E-state index in [2.05, 4.69) is 12.2 Å². The molecule has 0 aliphatic heterocycles. The maximum Gasteiger partial charge on any atom is 0.233 e. The molecule has 0 spiro atoms. The standard InChI is InChI=1S/C13H24N2OS/c1-2-3-7-10-15-12(16)13(11(14)17)8-5-4-6-9-13/h2-10H2,1H3,(H2,14,17)(H,15,16). The van der Waals surface area contributed by atoms with Crippen molar-refractivity contribution < 1.29 is 4.79 Å². The predicted molar refractivity (Wildman–Crippen MR) is 74.8 cm³/mol. The first-order valence-electron chi connectivity index (χ1n) is 6.71. The summed E-state index contributed by atoms with van der Waals surface area (Å²) in [7, 11) is 0. The number of hydrogen-bond acceptors (Lipinski definition) is 2. The summed E-state index contributed by atoms with van der Waals surface area (Å²) in [6.45, 7) is 2.90. The first kappa shape index (κ1) is 14.4. The van der Waals surface area contributed by atoms with Gasteiger partial charge in [0.25, 0.3) is 0 Å². The van der Waals surface area contributed by atoms with Crippen LogP contribution in [0, 0.1) is 5.41 Å². The Morgan fingerprint density at radius 2 is 1.94 bits per heavy atom. The van der Waals surface area contributed by atoms with E-state index >= 15 is 0 Å². The van der Waals surface area contributed by atoms with Gasteiger partial charge in [0.05, 0.1) is 10.4 Å². The number of unbranched alkanes of at least 4 members (excludes halogenated alkanes) is 2. The molecule has 0 aromatic rings. The average molecular weight is 256 g/mol. The lowest BCUT2D eigenvalue weighted by molar-refractivity contribution is -0.128. The molecule has 1 rings (SSSR count). The highest BCUT2D eigenvalue weighted by atomic mass is 32.1. The van der Waals surface area contributed by atoms with Crippen molar-refractivity contribution in [3.8, 4) is 0 Å². The van der Waals surface area contributed by atoms with Gasteiger partial charge in [-0.3, -0.25) is 4.79 Å². The van der Waals surface area contributed by atoms with Gasteiger partial charge >= 0.3 is 0 Å². The van der Waals surface area contributed by atoms with E-state index < -0.39 is 5.41 Å². The molecule has 1 saturated carbocycles. The lowest BCUT2D eigenvalue weighted by Gasteiger charge is -2.34. The van der Waals surface area contributed by atoms with Crippen molar-refractivity contribution in [1.82, 2.24) is 5.32 Å². The van der Waals surface area contributed by atoms with Crippen LogP contribution in [0.15, 0.2) is 0 Å².